The topological polar surface area (TPSA) is 52.0 Å². The predicted octanol–water partition coefficient (Wildman–Crippen LogP) is 1.84. The highest BCUT2D eigenvalue weighted by atomic mass is 16.1. The number of Topliss-reactive ketones (excluding diaryl/α,β-unsaturated/α-hetero) is 2. The maximum Gasteiger partial charge on any atom is 0.166 e. The van der Waals surface area contributed by atoms with Gasteiger partial charge in [-0.15, -0.1) is 0 Å². The third-order valence-corrected chi connectivity index (χ3v) is 2.11. The van der Waals surface area contributed by atoms with E-state index in [1.165, 1.54) is 6.92 Å². The lowest BCUT2D eigenvalue weighted by molar-refractivity contribution is -0.116. The Morgan fingerprint density at radius 2 is 2.13 bits per heavy atom. The predicted molar refractivity (Wildman–Crippen MR) is 56.8 cm³/mol. The molecule has 1 rings (SSSR count). The van der Waals surface area contributed by atoms with Gasteiger partial charge in [0.1, 0.15) is 5.78 Å². The van der Waals surface area contributed by atoms with Gasteiger partial charge in [-0.2, -0.15) is 5.10 Å². The second kappa shape index (κ2) is 5.44. The van der Waals surface area contributed by atoms with Crippen LogP contribution < -0.4 is 0 Å². The molecule has 0 fully saturated rings. The third-order valence-electron chi connectivity index (χ3n) is 2.11. The third kappa shape index (κ3) is 3.65. The highest BCUT2D eigenvalue weighted by Gasteiger charge is 2.09. The lowest BCUT2D eigenvalue weighted by atomic mass is 10.1. The number of hydrogen-bond acceptors (Lipinski definition) is 3. The first-order valence-electron chi connectivity index (χ1n) is 5.18. The summed E-state index contributed by atoms with van der Waals surface area (Å²) in [6, 6.07) is 0. The van der Waals surface area contributed by atoms with Gasteiger partial charge in [-0.25, -0.2) is 0 Å². The van der Waals surface area contributed by atoms with Crippen LogP contribution in [-0.2, 0) is 11.3 Å². The Balaban J connectivity index is 2.54. The summed E-state index contributed by atoms with van der Waals surface area (Å²) in [5.41, 5.74) is 0.602. The molecule has 0 aliphatic heterocycles. The van der Waals surface area contributed by atoms with E-state index in [-0.39, 0.29) is 18.0 Å². The van der Waals surface area contributed by atoms with Crippen LogP contribution in [0.5, 0.6) is 0 Å². The molecule has 1 aromatic heterocycles. The first-order chi connectivity index (χ1) is 7.13. The molecule has 15 heavy (non-hydrogen) atoms. The SMILES string of the molecule is CCCn1cc(C(=O)CCC(C)=O)cn1. The van der Waals surface area contributed by atoms with Crippen molar-refractivity contribution in [2.45, 2.75) is 39.7 Å². The Bertz CT molecular complexity index is 355. The molecule has 1 aromatic rings. The zero-order chi connectivity index (χ0) is 11.3. The van der Waals surface area contributed by atoms with Crippen molar-refractivity contribution in [3.05, 3.63) is 18.0 Å². The zero-order valence-electron chi connectivity index (χ0n) is 9.19. The molecule has 0 aliphatic rings. The van der Waals surface area contributed by atoms with Gasteiger partial charge in [-0.05, 0) is 13.3 Å². The molecule has 82 valence electrons. The van der Waals surface area contributed by atoms with Gasteiger partial charge in [-0.1, -0.05) is 6.92 Å². The van der Waals surface area contributed by atoms with Crippen LogP contribution in [-0.4, -0.2) is 21.3 Å². The molecule has 0 saturated carbocycles. The zero-order valence-corrected chi connectivity index (χ0v) is 9.19. The van der Waals surface area contributed by atoms with Gasteiger partial charge < -0.3 is 4.79 Å². The van der Waals surface area contributed by atoms with E-state index in [1.807, 2.05) is 0 Å². The van der Waals surface area contributed by atoms with Crippen molar-refractivity contribution in [2.75, 3.05) is 0 Å². The number of hydrogen-bond donors (Lipinski definition) is 0. The van der Waals surface area contributed by atoms with Crippen molar-refractivity contribution in [1.82, 2.24) is 9.78 Å². The largest absolute Gasteiger partial charge is 0.300 e. The molecule has 0 spiro atoms. The minimum Gasteiger partial charge on any atom is -0.300 e. The number of ketones is 2. The van der Waals surface area contributed by atoms with E-state index < -0.39 is 0 Å². The number of aryl methyl sites for hydroxylation is 1. The number of nitrogens with zero attached hydrogens (tertiary/aromatic N) is 2. The monoisotopic (exact) mass is 208 g/mol. The van der Waals surface area contributed by atoms with Crippen molar-refractivity contribution >= 4 is 11.6 Å². The molecule has 0 atom stereocenters. The lowest BCUT2D eigenvalue weighted by Gasteiger charge is -1.96. The van der Waals surface area contributed by atoms with Crippen LogP contribution in [0, 0.1) is 0 Å². The Morgan fingerprint density at radius 3 is 2.73 bits per heavy atom. The molecule has 0 saturated heterocycles. The van der Waals surface area contributed by atoms with E-state index in [0.717, 1.165) is 13.0 Å². The van der Waals surface area contributed by atoms with Gasteiger partial charge in [0.2, 0.25) is 0 Å². The lowest BCUT2D eigenvalue weighted by Crippen LogP contribution is -2.01. The number of rotatable bonds is 6. The van der Waals surface area contributed by atoms with E-state index in [9.17, 15) is 9.59 Å². The van der Waals surface area contributed by atoms with Crippen molar-refractivity contribution in [2.24, 2.45) is 0 Å². The summed E-state index contributed by atoms with van der Waals surface area (Å²) in [6.07, 6.45) is 4.90. The molecule has 4 nitrogen and oxygen atoms in total. The summed E-state index contributed by atoms with van der Waals surface area (Å²) < 4.78 is 1.75. The van der Waals surface area contributed by atoms with Gasteiger partial charge in [0.05, 0.1) is 11.8 Å². The summed E-state index contributed by atoms with van der Waals surface area (Å²) in [5.74, 6) is 0.0388. The van der Waals surface area contributed by atoms with Gasteiger partial charge >= 0.3 is 0 Å². The van der Waals surface area contributed by atoms with E-state index >= 15 is 0 Å². The van der Waals surface area contributed by atoms with Crippen LogP contribution in [0.3, 0.4) is 0 Å². The molecule has 0 bridgehead atoms. The fraction of sp³-hybridized carbons (Fsp3) is 0.545. The standard InChI is InChI=1S/C11H16N2O2/c1-3-6-13-8-10(7-12-13)11(15)5-4-9(2)14/h7-8H,3-6H2,1-2H3. The van der Waals surface area contributed by atoms with Crippen LogP contribution in [0.15, 0.2) is 12.4 Å². The van der Waals surface area contributed by atoms with Gasteiger partial charge in [0, 0.05) is 25.6 Å². The fourth-order valence-electron chi connectivity index (χ4n) is 1.29. The van der Waals surface area contributed by atoms with Crippen LogP contribution >= 0.6 is 0 Å². The molecular formula is C11H16N2O2. The first kappa shape index (κ1) is 11.6. The molecule has 0 radical (unpaired) electrons. The second-order valence-electron chi connectivity index (χ2n) is 3.62. The van der Waals surface area contributed by atoms with Crippen LogP contribution in [0.1, 0.15) is 43.5 Å². The quantitative estimate of drug-likeness (QED) is 0.670. The van der Waals surface area contributed by atoms with Crippen molar-refractivity contribution in [1.29, 1.82) is 0 Å². The maximum absolute atomic E-state index is 11.6. The summed E-state index contributed by atoms with van der Waals surface area (Å²) in [4.78, 5) is 22.3. The molecule has 0 aromatic carbocycles. The average molecular weight is 208 g/mol. The minimum absolute atomic E-state index is 0.00690. The van der Waals surface area contributed by atoms with Gasteiger partial charge in [0.15, 0.2) is 5.78 Å². The Hall–Kier alpha value is -1.45. The van der Waals surface area contributed by atoms with Gasteiger partial charge in [0.25, 0.3) is 0 Å². The minimum atomic E-state index is -0.00690. The molecular weight excluding hydrogens is 192 g/mol. The van der Waals surface area contributed by atoms with Crippen LogP contribution in [0.2, 0.25) is 0 Å². The fourth-order valence-corrected chi connectivity index (χ4v) is 1.29. The van der Waals surface area contributed by atoms with Crippen molar-refractivity contribution in [3.63, 3.8) is 0 Å². The molecule has 4 heteroatoms. The van der Waals surface area contributed by atoms with Crippen LogP contribution in [0.25, 0.3) is 0 Å². The molecule has 0 unspecified atom stereocenters. The van der Waals surface area contributed by atoms with Crippen molar-refractivity contribution < 1.29 is 9.59 Å². The summed E-state index contributed by atoms with van der Waals surface area (Å²) >= 11 is 0. The average Bonchev–Trinajstić information content (AvgIpc) is 2.63. The second-order valence-corrected chi connectivity index (χ2v) is 3.62. The Labute approximate surface area is 89.3 Å². The maximum atomic E-state index is 11.6. The van der Waals surface area contributed by atoms with E-state index in [2.05, 4.69) is 12.0 Å². The summed E-state index contributed by atoms with van der Waals surface area (Å²) in [5, 5.41) is 4.07. The highest BCUT2D eigenvalue weighted by molar-refractivity contribution is 5.97. The number of aromatic nitrogens is 2. The van der Waals surface area contributed by atoms with Crippen molar-refractivity contribution in [3.8, 4) is 0 Å². The Morgan fingerprint density at radius 1 is 1.40 bits per heavy atom. The summed E-state index contributed by atoms with van der Waals surface area (Å²) in [7, 11) is 0. The molecule has 0 N–H and O–H groups in total. The molecule has 1 heterocycles. The normalized spacial score (nSPS) is 10.3. The Kier molecular flexibility index (Phi) is 4.21. The number of carbonyl (C=O) groups is 2. The summed E-state index contributed by atoms with van der Waals surface area (Å²) in [6.45, 7) is 4.37. The van der Waals surface area contributed by atoms with E-state index in [4.69, 9.17) is 0 Å². The van der Waals surface area contributed by atoms with Gasteiger partial charge in [-0.3, -0.25) is 9.48 Å². The molecule has 0 amide bonds. The van der Waals surface area contributed by atoms with Crippen LogP contribution in [0.4, 0.5) is 0 Å². The highest BCUT2D eigenvalue weighted by Crippen LogP contribution is 2.05. The first-order valence-corrected chi connectivity index (χ1v) is 5.18. The molecule has 0 aliphatic carbocycles. The number of carbonyl (C=O) groups excluding carboxylic acids is 2. The van der Waals surface area contributed by atoms with E-state index in [1.54, 1.807) is 17.1 Å². The van der Waals surface area contributed by atoms with E-state index in [0.29, 0.717) is 12.0 Å². The smallest absolute Gasteiger partial charge is 0.166 e.